The summed E-state index contributed by atoms with van der Waals surface area (Å²) in [5, 5.41) is 9.58. The van der Waals surface area contributed by atoms with Crippen LogP contribution in [-0.2, 0) is 0 Å². The Morgan fingerprint density at radius 1 is 1.00 bits per heavy atom. The number of rotatable bonds is 2. The maximum atomic E-state index is 9.11. The van der Waals surface area contributed by atoms with Crippen molar-refractivity contribution in [3.05, 3.63) is 60.3 Å². The van der Waals surface area contributed by atoms with Gasteiger partial charge in [0.15, 0.2) is 5.13 Å². The summed E-state index contributed by atoms with van der Waals surface area (Å²) in [4.78, 5) is 14.3. The molecule has 0 amide bonds. The van der Waals surface area contributed by atoms with Crippen LogP contribution in [0.25, 0.3) is 32.9 Å². The number of nitriles is 1. The molecule has 0 aliphatic carbocycles. The minimum absolute atomic E-state index is 0.468. The van der Waals surface area contributed by atoms with Crippen LogP contribution in [0.2, 0.25) is 0 Å². The van der Waals surface area contributed by atoms with Gasteiger partial charge in [-0.15, -0.1) is 0 Å². The number of nitrogens with zero attached hydrogens (tertiary/aromatic N) is 4. The van der Waals surface area contributed by atoms with E-state index in [-0.39, 0.29) is 0 Å². The summed E-state index contributed by atoms with van der Waals surface area (Å²) in [6.45, 7) is 0. The summed E-state index contributed by atoms with van der Waals surface area (Å²) in [6.07, 6.45) is 1.74. The van der Waals surface area contributed by atoms with Crippen molar-refractivity contribution in [3.8, 4) is 27.9 Å². The van der Waals surface area contributed by atoms with E-state index < -0.39 is 0 Å². The summed E-state index contributed by atoms with van der Waals surface area (Å²) >= 11 is 1.39. The van der Waals surface area contributed by atoms with Crippen LogP contribution in [0.15, 0.2) is 54.7 Å². The number of nitrogens with two attached hydrogens (primary N) is 1. The van der Waals surface area contributed by atoms with E-state index in [2.05, 4.69) is 21.0 Å². The van der Waals surface area contributed by atoms with E-state index in [0.717, 1.165) is 32.9 Å². The molecule has 3 aromatic heterocycles. The molecule has 0 atom stereocenters. The third-order valence-corrected chi connectivity index (χ3v) is 4.50. The van der Waals surface area contributed by atoms with Gasteiger partial charge in [0.05, 0.1) is 38.9 Å². The molecule has 0 unspecified atom stereocenters. The van der Waals surface area contributed by atoms with Crippen LogP contribution in [0.3, 0.4) is 0 Å². The molecule has 24 heavy (non-hydrogen) atoms. The van der Waals surface area contributed by atoms with Crippen molar-refractivity contribution in [2.45, 2.75) is 0 Å². The Balaban J connectivity index is 1.90. The SMILES string of the molecule is N#Cc1cccc(-c2nc(N)sc2-c2ccc3ncccc3n2)c1. The zero-order chi connectivity index (χ0) is 16.5. The molecule has 6 heteroatoms. The highest BCUT2D eigenvalue weighted by Crippen LogP contribution is 2.37. The Kier molecular flexibility index (Phi) is 3.41. The number of hydrogen-bond acceptors (Lipinski definition) is 6. The number of thiazole rings is 1. The number of benzene rings is 1. The average Bonchev–Trinajstić information content (AvgIpc) is 3.03. The number of anilines is 1. The molecule has 114 valence electrons. The Labute approximate surface area is 142 Å². The lowest BCUT2D eigenvalue weighted by molar-refractivity contribution is 1.33. The Morgan fingerprint density at radius 2 is 1.92 bits per heavy atom. The second-order valence-electron chi connectivity index (χ2n) is 5.16. The lowest BCUT2D eigenvalue weighted by Crippen LogP contribution is -1.88. The quantitative estimate of drug-likeness (QED) is 0.603. The number of hydrogen-bond donors (Lipinski definition) is 1. The second kappa shape index (κ2) is 5.72. The van der Waals surface area contributed by atoms with Gasteiger partial charge in [-0.25, -0.2) is 9.97 Å². The standard InChI is InChI=1S/C18H11N5S/c19-10-11-3-1-4-12(9-11)16-17(24-18(20)23-16)15-7-6-13-14(22-15)5-2-8-21-13/h1-9H,(H2,20,23). The van der Waals surface area contributed by atoms with E-state index in [9.17, 15) is 0 Å². The molecule has 1 aromatic carbocycles. The monoisotopic (exact) mass is 329 g/mol. The fourth-order valence-electron chi connectivity index (χ4n) is 2.53. The maximum Gasteiger partial charge on any atom is 0.181 e. The third kappa shape index (κ3) is 2.47. The molecule has 0 bridgehead atoms. The first kappa shape index (κ1) is 14.3. The molecule has 0 spiro atoms. The number of nitrogen functional groups attached to an aromatic ring is 1. The molecule has 5 nitrogen and oxygen atoms in total. The summed E-state index contributed by atoms with van der Waals surface area (Å²) < 4.78 is 0. The lowest BCUT2D eigenvalue weighted by atomic mass is 10.1. The van der Waals surface area contributed by atoms with Crippen molar-refractivity contribution in [1.29, 1.82) is 5.26 Å². The largest absolute Gasteiger partial charge is 0.375 e. The Morgan fingerprint density at radius 3 is 2.79 bits per heavy atom. The molecule has 4 rings (SSSR count). The van der Waals surface area contributed by atoms with Crippen molar-refractivity contribution in [2.75, 3.05) is 5.73 Å². The minimum Gasteiger partial charge on any atom is -0.375 e. The summed E-state index contributed by atoms with van der Waals surface area (Å²) in [5.41, 5.74) is 10.6. The van der Waals surface area contributed by atoms with E-state index in [0.29, 0.717) is 10.7 Å². The first-order valence-electron chi connectivity index (χ1n) is 7.23. The fourth-order valence-corrected chi connectivity index (χ4v) is 3.35. The molecular formula is C18H11N5S. The van der Waals surface area contributed by atoms with Gasteiger partial charge < -0.3 is 5.73 Å². The molecule has 3 heterocycles. The number of fused-ring (bicyclic) bond motifs is 1. The van der Waals surface area contributed by atoms with Crippen molar-refractivity contribution in [2.24, 2.45) is 0 Å². The molecule has 0 fully saturated rings. The zero-order valence-corrected chi connectivity index (χ0v) is 13.3. The normalized spacial score (nSPS) is 10.6. The van der Waals surface area contributed by atoms with Crippen LogP contribution in [0.1, 0.15) is 5.56 Å². The van der Waals surface area contributed by atoms with Crippen molar-refractivity contribution in [1.82, 2.24) is 15.0 Å². The topological polar surface area (TPSA) is 88.5 Å². The first-order valence-corrected chi connectivity index (χ1v) is 8.05. The van der Waals surface area contributed by atoms with Gasteiger partial charge in [0.1, 0.15) is 0 Å². The van der Waals surface area contributed by atoms with Crippen LogP contribution in [0.4, 0.5) is 5.13 Å². The van der Waals surface area contributed by atoms with Crippen LogP contribution in [0.5, 0.6) is 0 Å². The van der Waals surface area contributed by atoms with Crippen LogP contribution in [0, 0.1) is 11.3 Å². The highest BCUT2D eigenvalue weighted by atomic mass is 32.1. The van der Waals surface area contributed by atoms with Gasteiger partial charge in [-0.2, -0.15) is 5.26 Å². The molecule has 0 aliphatic rings. The van der Waals surface area contributed by atoms with E-state index in [1.165, 1.54) is 11.3 Å². The third-order valence-electron chi connectivity index (χ3n) is 3.60. The Bertz CT molecular complexity index is 1090. The van der Waals surface area contributed by atoms with Crippen molar-refractivity contribution >= 4 is 27.5 Å². The van der Waals surface area contributed by atoms with Gasteiger partial charge in [0.2, 0.25) is 0 Å². The predicted molar refractivity (Wildman–Crippen MR) is 95.2 cm³/mol. The average molecular weight is 329 g/mol. The lowest BCUT2D eigenvalue weighted by Gasteiger charge is -2.04. The van der Waals surface area contributed by atoms with Crippen LogP contribution in [-0.4, -0.2) is 15.0 Å². The van der Waals surface area contributed by atoms with Gasteiger partial charge in [-0.1, -0.05) is 23.5 Å². The first-order chi connectivity index (χ1) is 11.7. The second-order valence-corrected chi connectivity index (χ2v) is 6.19. The highest BCUT2D eigenvalue weighted by Gasteiger charge is 2.15. The maximum absolute atomic E-state index is 9.11. The number of pyridine rings is 2. The van der Waals surface area contributed by atoms with E-state index in [1.54, 1.807) is 18.3 Å². The molecule has 4 aromatic rings. The van der Waals surface area contributed by atoms with Gasteiger partial charge in [0, 0.05) is 11.8 Å². The highest BCUT2D eigenvalue weighted by molar-refractivity contribution is 7.19. The van der Waals surface area contributed by atoms with Crippen LogP contribution < -0.4 is 5.73 Å². The fraction of sp³-hybridized carbons (Fsp3) is 0. The smallest absolute Gasteiger partial charge is 0.181 e. The molecule has 0 aliphatic heterocycles. The molecular weight excluding hydrogens is 318 g/mol. The van der Waals surface area contributed by atoms with E-state index in [4.69, 9.17) is 11.0 Å². The summed E-state index contributed by atoms with van der Waals surface area (Å²) in [6, 6.07) is 17.1. The van der Waals surface area contributed by atoms with Gasteiger partial charge >= 0.3 is 0 Å². The van der Waals surface area contributed by atoms with Crippen molar-refractivity contribution in [3.63, 3.8) is 0 Å². The van der Waals surface area contributed by atoms with Crippen LogP contribution >= 0.6 is 11.3 Å². The molecule has 0 saturated heterocycles. The minimum atomic E-state index is 0.468. The Hall–Kier alpha value is -3.30. The van der Waals surface area contributed by atoms with Gasteiger partial charge in [-0.3, -0.25) is 4.98 Å². The zero-order valence-electron chi connectivity index (χ0n) is 12.5. The summed E-state index contributed by atoms with van der Waals surface area (Å²) in [5.74, 6) is 0. The molecule has 0 saturated carbocycles. The van der Waals surface area contributed by atoms with E-state index in [1.807, 2.05) is 36.4 Å². The number of aromatic nitrogens is 3. The molecule has 2 N–H and O–H groups in total. The van der Waals surface area contributed by atoms with E-state index >= 15 is 0 Å². The van der Waals surface area contributed by atoms with Gasteiger partial charge in [0.25, 0.3) is 0 Å². The summed E-state index contributed by atoms with van der Waals surface area (Å²) in [7, 11) is 0. The van der Waals surface area contributed by atoms with Crippen molar-refractivity contribution < 1.29 is 0 Å². The predicted octanol–water partition coefficient (Wildman–Crippen LogP) is 3.87. The van der Waals surface area contributed by atoms with Gasteiger partial charge in [-0.05, 0) is 36.4 Å². The molecule has 0 radical (unpaired) electrons.